The lowest BCUT2D eigenvalue weighted by molar-refractivity contribution is 0.111. The van der Waals surface area contributed by atoms with E-state index in [0.29, 0.717) is 18.6 Å². The minimum absolute atomic E-state index is 0.0498. The molecule has 0 radical (unpaired) electrons. The predicted octanol–water partition coefficient (Wildman–Crippen LogP) is 2.00. The van der Waals surface area contributed by atoms with E-state index in [-0.39, 0.29) is 5.54 Å². The van der Waals surface area contributed by atoms with Gasteiger partial charge in [0.05, 0.1) is 6.61 Å². The molecular formula is C15H30N2O. The zero-order valence-electron chi connectivity index (χ0n) is 12.1. The van der Waals surface area contributed by atoms with Crippen LogP contribution in [0.5, 0.6) is 0 Å². The molecule has 0 bridgehead atoms. The third-order valence-electron chi connectivity index (χ3n) is 4.77. The van der Waals surface area contributed by atoms with Crippen molar-refractivity contribution in [3.05, 3.63) is 0 Å². The summed E-state index contributed by atoms with van der Waals surface area (Å²) in [5.41, 5.74) is 0.0498. The molecule has 0 aliphatic heterocycles. The molecule has 2 saturated carbocycles. The molecule has 2 fully saturated rings. The summed E-state index contributed by atoms with van der Waals surface area (Å²) >= 11 is 0. The number of nitrogens with one attached hydrogen (secondary N) is 1. The van der Waals surface area contributed by atoms with Crippen molar-refractivity contribution in [1.82, 2.24) is 10.2 Å². The maximum absolute atomic E-state index is 9.86. The van der Waals surface area contributed by atoms with Gasteiger partial charge in [-0.25, -0.2) is 0 Å². The topological polar surface area (TPSA) is 35.5 Å². The zero-order chi connectivity index (χ0) is 13.0. The summed E-state index contributed by atoms with van der Waals surface area (Å²) in [6, 6.07) is 0.700. The van der Waals surface area contributed by atoms with Crippen molar-refractivity contribution in [3.63, 3.8) is 0 Å². The van der Waals surface area contributed by atoms with E-state index in [1.807, 2.05) is 0 Å². The van der Waals surface area contributed by atoms with Crippen molar-refractivity contribution in [2.75, 3.05) is 26.7 Å². The SMILES string of the molecule is CCCN(C)CCC1CCCC1(CO)NC1CC1. The predicted molar refractivity (Wildman–Crippen MR) is 75.7 cm³/mol. The van der Waals surface area contributed by atoms with Crippen LogP contribution in [0.3, 0.4) is 0 Å². The number of aliphatic hydroxyl groups excluding tert-OH is 1. The lowest BCUT2D eigenvalue weighted by Gasteiger charge is -2.36. The normalized spacial score (nSPS) is 32.3. The quantitative estimate of drug-likeness (QED) is 0.695. The summed E-state index contributed by atoms with van der Waals surface area (Å²) in [5.74, 6) is 0.669. The summed E-state index contributed by atoms with van der Waals surface area (Å²) in [4.78, 5) is 2.43. The lowest BCUT2D eigenvalue weighted by atomic mass is 9.85. The van der Waals surface area contributed by atoms with Gasteiger partial charge in [-0.3, -0.25) is 0 Å². The number of nitrogens with zero attached hydrogens (tertiary/aromatic N) is 1. The molecule has 3 heteroatoms. The van der Waals surface area contributed by atoms with E-state index in [1.54, 1.807) is 0 Å². The van der Waals surface area contributed by atoms with Crippen LogP contribution in [0.4, 0.5) is 0 Å². The van der Waals surface area contributed by atoms with Crippen LogP contribution in [0, 0.1) is 5.92 Å². The fourth-order valence-electron chi connectivity index (χ4n) is 3.51. The van der Waals surface area contributed by atoms with Gasteiger partial charge in [0, 0.05) is 11.6 Å². The standard InChI is InChI=1S/C15H30N2O/c1-3-10-17(2)11-8-13-5-4-9-15(13,12-18)16-14-6-7-14/h13-14,16,18H,3-12H2,1-2H3. The molecule has 2 atom stereocenters. The average molecular weight is 254 g/mol. The highest BCUT2D eigenvalue weighted by Gasteiger charge is 2.44. The minimum Gasteiger partial charge on any atom is -0.394 e. The van der Waals surface area contributed by atoms with Crippen LogP contribution in [-0.4, -0.2) is 48.3 Å². The van der Waals surface area contributed by atoms with Gasteiger partial charge in [-0.05, 0) is 64.6 Å². The van der Waals surface area contributed by atoms with Gasteiger partial charge < -0.3 is 15.3 Å². The number of hydrogen-bond donors (Lipinski definition) is 2. The molecule has 2 N–H and O–H groups in total. The molecule has 0 amide bonds. The van der Waals surface area contributed by atoms with Crippen LogP contribution in [-0.2, 0) is 0 Å². The van der Waals surface area contributed by atoms with Gasteiger partial charge >= 0.3 is 0 Å². The molecular weight excluding hydrogens is 224 g/mol. The molecule has 0 saturated heterocycles. The van der Waals surface area contributed by atoms with Crippen molar-refractivity contribution >= 4 is 0 Å². The largest absolute Gasteiger partial charge is 0.394 e. The maximum atomic E-state index is 9.86. The first-order valence-electron chi connectivity index (χ1n) is 7.77. The fraction of sp³-hybridized carbons (Fsp3) is 1.00. The Hall–Kier alpha value is -0.120. The molecule has 2 aliphatic rings. The van der Waals surface area contributed by atoms with Gasteiger partial charge in [0.2, 0.25) is 0 Å². The monoisotopic (exact) mass is 254 g/mol. The van der Waals surface area contributed by atoms with Gasteiger partial charge in [0.15, 0.2) is 0 Å². The smallest absolute Gasteiger partial charge is 0.0616 e. The molecule has 18 heavy (non-hydrogen) atoms. The first-order chi connectivity index (χ1) is 8.70. The Kier molecular flexibility index (Phi) is 5.05. The Bertz CT molecular complexity index is 255. The van der Waals surface area contributed by atoms with E-state index in [9.17, 15) is 5.11 Å². The Labute approximate surface area is 112 Å². The van der Waals surface area contributed by atoms with Crippen molar-refractivity contribution < 1.29 is 5.11 Å². The van der Waals surface area contributed by atoms with Crippen LogP contribution >= 0.6 is 0 Å². The zero-order valence-corrected chi connectivity index (χ0v) is 12.1. The third kappa shape index (κ3) is 3.46. The van der Waals surface area contributed by atoms with Crippen LogP contribution in [0.1, 0.15) is 51.9 Å². The molecule has 0 spiro atoms. The molecule has 0 heterocycles. The summed E-state index contributed by atoms with van der Waals surface area (Å²) in [6.45, 7) is 4.92. The molecule has 2 aliphatic carbocycles. The second-order valence-electron chi connectivity index (χ2n) is 6.41. The van der Waals surface area contributed by atoms with Crippen molar-refractivity contribution in [2.45, 2.75) is 63.5 Å². The Morgan fingerprint density at radius 1 is 1.28 bits per heavy atom. The van der Waals surface area contributed by atoms with Crippen molar-refractivity contribution in [2.24, 2.45) is 5.92 Å². The lowest BCUT2D eigenvalue weighted by Crippen LogP contribution is -2.53. The highest BCUT2D eigenvalue weighted by Crippen LogP contribution is 2.40. The van der Waals surface area contributed by atoms with Crippen LogP contribution in [0.25, 0.3) is 0 Å². The summed E-state index contributed by atoms with van der Waals surface area (Å²) < 4.78 is 0. The highest BCUT2D eigenvalue weighted by atomic mass is 16.3. The van der Waals surface area contributed by atoms with E-state index in [0.717, 1.165) is 0 Å². The first-order valence-corrected chi connectivity index (χ1v) is 7.77. The Balaban J connectivity index is 1.84. The Morgan fingerprint density at radius 3 is 2.67 bits per heavy atom. The van der Waals surface area contributed by atoms with Crippen molar-refractivity contribution in [3.8, 4) is 0 Å². The van der Waals surface area contributed by atoms with E-state index in [4.69, 9.17) is 0 Å². The van der Waals surface area contributed by atoms with Crippen LogP contribution in [0.15, 0.2) is 0 Å². The second kappa shape index (κ2) is 6.36. The fourth-order valence-corrected chi connectivity index (χ4v) is 3.51. The van der Waals surface area contributed by atoms with Crippen LogP contribution < -0.4 is 5.32 Å². The molecule has 2 unspecified atom stereocenters. The minimum atomic E-state index is 0.0498. The van der Waals surface area contributed by atoms with E-state index in [2.05, 4.69) is 24.2 Å². The number of hydrogen-bond acceptors (Lipinski definition) is 3. The molecule has 0 aromatic carbocycles. The van der Waals surface area contributed by atoms with Gasteiger partial charge in [0.1, 0.15) is 0 Å². The Morgan fingerprint density at radius 2 is 2.06 bits per heavy atom. The van der Waals surface area contributed by atoms with Crippen molar-refractivity contribution in [1.29, 1.82) is 0 Å². The summed E-state index contributed by atoms with van der Waals surface area (Å²) in [6.07, 6.45) is 8.82. The molecule has 3 nitrogen and oxygen atoms in total. The van der Waals surface area contributed by atoms with E-state index < -0.39 is 0 Å². The summed E-state index contributed by atoms with van der Waals surface area (Å²) in [5, 5.41) is 13.6. The number of rotatable bonds is 8. The van der Waals surface area contributed by atoms with Gasteiger partial charge in [-0.2, -0.15) is 0 Å². The maximum Gasteiger partial charge on any atom is 0.0616 e. The number of aliphatic hydroxyl groups is 1. The third-order valence-corrected chi connectivity index (χ3v) is 4.77. The second-order valence-corrected chi connectivity index (χ2v) is 6.41. The van der Waals surface area contributed by atoms with E-state index in [1.165, 1.54) is 58.0 Å². The van der Waals surface area contributed by atoms with E-state index >= 15 is 0 Å². The molecule has 0 aromatic heterocycles. The van der Waals surface area contributed by atoms with Gasteiger partial charge in [-0.1, -0.05) is 13.3 Å². The molecule has 2 rings (SSSR count). The average Bonchev–Trinajstić information content (AvgIpc) is 3.07. The van der Waals surface area contributed by atoms with Crippen LogP contribution in [0.2, 0.25) is 0 Å². The van der Waals surface area contributed by atoms with Gasteiger partial charge in [0.25, 0.3) is 0 Å². The molecule has 106 valence electrons. The summed E-state index contributed by atoms with van der Waals surface area (Å²) in [7, 11) is 2.22. The first kappa shape index (κ1) is 14.3. The highest BCUT2D eigenvalue weighted by molar-refractivity contribution is 5.03. The molecule has 0 aromatic rings. The van der Waals surface area contributed by atoms with Gasteiger partial charge in [-0.15, -0.1) is 0 Å².